The molecule has 4 nitrogen and oxygen atoms in total. The summed E-state index contributed by atoms with van der Waals surface area (Å²) in [4.78, 5) is 27.5. The molecule has 122 valence electrons. The van der Waals surface area contributed by atoms with Crippen molar-refractivity contribution in [2.75, 3.05) is 10.2 Å². The minimum absolute atomic E-state index is 0.0747. The minimum Gasteiger partial charge on any atom is -0.323 e. The monoisotopic (exact) mass is 340 g/mol. The van der Waals surface area contributed by atoms with Gasteiger partial charge in [0.25, 0.3) is 5.91 Å². The molecule has 2 aromatic carbocycles. The summed E-state index contributed by atoms with van der Waals surface area (Å²) in [6.07, 6.45) is 0. The minimum atomic E-state index is -1.07. The first kappa shape index (κ1) is 15.2. The average Bonchev–Trinajstić information content (AvgIpc) is 2.84. The van der Waals surface area contributed by atoms with E-state index < -0.39 is 11.0 Å². The van der Waals surface area contributed by atoms with Gasteiger partial charge in [0.2, 0.25) is 5.91 Å². The molecule has 0 saturated carbocycles. The molecule has 0 aliphatic carbocycles. The van der Waals surface area contributed by atoms with Crippen LogP contribution >= 0.6 is 11.6 Å². The number of aryl methyl sites for hydroxylation is 1. The molecule has 2 heterocycles. The van der Waals surface area contributed by atoms with E-state index in [4.69, 9.17) is 11.6 Å². The number of anilines is 2. The van der Waals surface area contributed by atoms with Crippen molar-refractivity contribution >= 4 is 34.8 Å². The van der Waals surface area contributed by atoms with Crippen LogP contribution in [0.3, 0.4) is 0 Å². The molecule has 24 heavy (non-hydrogen) atoms. The van der Waals surface area contributed by atoms with Crippen molar-refractivity contribution in [1.29, 1.82) is 0 Å². The van der Waals surface area contributed by atoms with Crippen molar-refractivity contribution in [2.45, 2.75) is 26.3 Å². The molecule has 1 fully saturated rings. The number of fused-ring (bicyclic) bond motifs is 2. The van der Waals surface area contributed by atoms with Gasteiger partial charge >= 0.3 is 0 Å². The Morgan fingerprint density at radius 1 is 1.04 bits per heavy atom. The van der Waals surface area contributed by atoms with Crippen molar-refractivity contribution in [1.82, 2.24) is 0 Å². The largest absolute Gasteiger partial charge is 0.323 e. The van der Waals surface area contributed by atoms with Gasteiger partial charge < -0.3 is 5.32 Å². The van der Waals surface area contributed by atoms with E-state index in [1.54, 1.807) is 23.1 Å². The molecule has 2 aromatic rings. The van der Waals surface area contributed by atoms with E-state index in [9.17, 15) is 9.59 Å². The van der Waals surface area contributed by atoms with E-state index in [-0.39, 0.29) is 11.8 Å². The lowest BCUT2D eigenvalue weighted by atomic mass is 9.59. The van der Waals surface area contributed by atoms with Gasteiger partial charge in [-0.15, -0.1) is 0 Å². The Bertz CT molecular complexity index is 889. The quantitative estimate of drug-likeness (QED) is 0.801. The zero-order valence-electron chi connectivity index (χ0n) is 13.7. The molecule has 0 radical (unpaired) electrons. The number of nitrogens with zero attached hydrogens (tertiary/aromatic N) is 1. The van der Waals surface area contributed by atoms with E-state index in [1.165, 1.54) is 0 Å². The van der Waals surface area contributed by atoms with Crippen molar-refractivity contribution in [3.05, 3.63) is 58.6 Å². The van der Waals surface area contributed by atoms with Crippen LogP contribution in [0, 0.1) is 12.3 Å². The summed E-state index contributed by atoms with van der Waals surface area (Å²) >= 11 is 6.18. The topological polar surface area (TPSA) is 49.4 Å². The normalized spacial score (nSPS) is 23.9. The standard InChI is InChI=1S/C19H17ClN2O2/c1-11-4-7-13(8-5-11)22-17(24)18(2,3)19(22)14-10-12(20)6-9-15(14)21-16(19)23/h4-10H,1-3H3,(H,21,23). The molecular weight excluding hydrogens is 324 g/mol. The Kier molecular flexibility index (Phi) is 2.92. The molecule has 1 saturated heterocycles. The summed E-state index contributed by atoms with van der Waals surface area (Å²) in [7, 11) is 0. The molecule has 2 aliphatic heterocycles. The number of amides is 2. The molecule has 1 spiro atoms. The number of rotatable bonds is 1. The van der Waals surface area contributed by atoms with Gasteiger partial charge in [-0.3, -0.25) is 14.5 Å². The van der Waals surface area contributed by atoms with Crippen molar-refractivity contribution in [3.63, 3.8) is 0 Å². The van der Waals surface area contributed by atoms with Crippen LogP contribution in [-0.4, -0.2) is 11.8 Å². The molecule has 1 N–H and O–H groups in total. The van der Waals surface area contributed by atoms with Gasteiger partial charge in [-0.1, -0.05) is 29.3 Å². The van der Waals surface area contributed by atoms with Crippen molar-refractivity contribution in [3.8, 4) is 0 Å². The molecule has 4 rings (SSSR count). The second-order valence-electron chi connectivity index (χ2n) is 6.96. The van der Waals surface area contributed by atoms with E-state index in [1.807, 2.05) is 45.0 Å². The number of halogens is 1. The third-order valence-corrected chi connectivity index (χ3v) is 5.45. The summed E-state index contributed by atoms with van der Waals surface area (Å²) in [6.45, 7) is 5.62. The van der Waals surface area contributed by atoms with Gasteiger partial charge in [0.05, 0.1) is 5.41 Å². The fourth-order valence-electron chi connectivity index (χ4n) is 3.92. The highest BCUT2D eigenvalue weighted by Gasteiger charge is 2.74. The predicted octanol–water partition coefficient (Wildman–Crippen LogP) is 3.87. The number of β-lactam (4-membered cyclic amide) rings is 1. The SMILES string of the molecule is Cc1ccc(N2C(=O)C(C)(C)C23C(=O)Nc2ccc(Cl)cc23)cc1. The summed E-state index contributed by atoms with van der Waals surface area (Å²) < 4.78 is 0. The van der Waals surface area contributed by atoms with Crippen LogP contribution < -0.4 is 10.2 Å². The van der Waals surface area contributed by atoms with Crippen LogP contribution in [0.5, 0.6) is 0 Å². The fraction of sp³-hybridized carbons (Fsp3) is 0.263. The smallest absolute Gasteiger partial charge is 0.256 e. The lowest BCUT2D eigenvalue weighted by molar-refractivity contribution is -0.152. The van der Waals surface area contributed by atoms with Gasteiger partial charge in [0.1, 0.15) is 0 Å². The number of nitrogens with one attached hydrogen (secondary N) is 1. The molecule has 1 atom stereocenters. The van der Waals surface area contributed by atoms with E-state index in [0.717, 1.165) is 11.1 Å². The van der Waals surface area contributed by atoms with Crippen LogP contribution in [-0.2, 0) is 15.1 Å². The Hall–Kier alpha value is -2.33. The Morgan fingerprint density at radius 2 is 1.71 bits per heavy atom. The van der Waals surface area contributed by atoms with Crippen LogP contribution in [0.1, 0.15) is 25.0 Å². The Balaban J connectivity index is 1.97. The van der Waals surface area contributed by atoms with Gasteiger partial charge in [-0.25, -0.2) is 0 Å². The lowest BCUT2D eigenvalue weighted by Crippen LogP contribution is -2.76. The zero-order valence-corrected chi connectivity index (χ0v) is 14.4. The molecule has 2 aliphatic rings. The Morgan fingerprint density at radius 3 is 2.38 bits per heavy atom. The summed E-state index contributed by atoms with van der Waals surface area (Å²) in [5.41, 5.74) is 1.36. The van der Waals surface area contributed by atoms with Crippen molar-refractivity contribution < 1.29 is 9.59 Å². The zero-order chi connectivity index (χ0) is 17.3. The molecular formula is C19H17ClN2O2. The lowest BCUT2D eigenvalue weighted by Gasteiger charge is -2.59. The van der Waals surface area contributed by atoms with Crippen LogP contribution in [0.25, 0.3) is 0 Å². The average molecular weight is 341 g/mol. The second kappa shape index (κ2) is 4.61. The predicted molar refractivity (Wildman–Crippen MR) is 94.2 cm³/mol. The number of carbonyl (C=O) groups excluding carboxylic acids is 2. The van der Waals surface area contributed by atoms with E-state index in [0.29, 0.717) is 16.4 Å². The third-order valence-electron chi connectivity index (χ3n) is 5.22. The van der Waals surface area contributed by atoms with E-state index >= 15 is 0 Å². The third kappa shape index (κ3) is 1.59. The van der Waals surface area contributed by atoms with E-state index in [2.05, 4.69) is 5.32 Å². The number of hydrogen-bond acceptors (Lipinski definition) is 2. The van der Waals surface area contributed by atoms with Gasteiger partial charge in [0.15, 0.2) is 5.54 Å². The second-order valence-corrected chi connectivity index (χ2v) is 7.39. The highest BCUT2D eigenvalue weighted by molar-refractivity contribution is 6.31. The summed E-state index contributed by atoms with van der Waals surface area (Å²) in [5.74, 6) is -0.265. The Labute approximate surface area is 145 Å². The number of hydrogen-bond donors (Lipinski definition) is 1. The summed E-state index contributed by atoms with van der Waals surface area (Å²) in [5, 5.41) is 3.46. The van der Waals surface area contributed by atoms with Gasteiger partial charge in [0, 0.05) is 22.0 Å². The highest BCUT2D eigenvalue weighted by Crippen LogP contribution is 2.61. The van der Waals surface area contributed by atoms with Gasteiger partial charge in [-0.05, 0) is 51.1 Å². The first-order valence-corrected chi connectivity index (χ1v) is 8.21. The first-order valence-electron chi connectivity index (χ1n) is 7.83. The maximum Gasteiger partial charge on any atom is 0.256 e. The van der Waals surface area contributed by atoms with Crippen molar-refractivity contribution in [2.24, 2.45) is 5.41 Å². The maximum absolute atomic E-state index is 13.0. The maximum atomic E-state index is 13.0. The molecule has 0 bridgehead atoms. The number of carbonyl (C=O) groups is 2. The molecule has 0 aromatic heterocycles. The van der Waals surface area contributed by atoms with Gasteiger partial charge in [-0.2, -0.15) is 0 Å². The van der Waals surface area contributed by atoms with Crippen LogP contribution in [0.15, 0.2) is 42.5 Å². The van der Waals surface area contributed by atoms with Crippen LogP contribution in [0.4, 0.5) is 11.4 Å². The summed E-state index contributed by atoms with van der Waals surface area (Å²) in [6, 6.07) is 12.9. The van der Waals surface area contributed by atoms with Crippen LogP contribution in [0.2, 0.25) is 5.02 Å². The molecule has 5 heteroatoms. The highest BCUT2D eigenvalue weighted by atomic mass is 35.5. The molecule has 1 unspecified atom stereocenters. The first-order chi connectivity index (χ1) is 11.3. The fourth-order valence-corrected chi connectivity index (χ4v) is 4.09. The molecule has 2 amide bonds. The number of benzene rings is 2.